The Bertz CT molecular complexity index is 147. The lowest BCUT2D eigenvalue weighted by molar-refractivity contribution is -0.151. The molecule has 0 aliphatic heterocycles. The Morgan fingerprint density at radius 3 is 1.41 bits per heavy atom. The van der Waals surface area contributed by atoms with Crippen LogP contribution in [0.5, 0.6) is 0 Å². The van der Waals surface area contributed by atoms with E-state index in [0.717, 1.165) is 13.2 Å². The third kappa shape index (κ3) is 50.6. The molecule has 0 aromatic rings. The topological polar surface area (TPSA) is 76.0 Å². The van der Waals surface area contributed by atoms with Crippen LogP contribution in [0, 0.1) is 0 Å². The zero-order valence-electron chi connectivity index (χ0n) is 11.9. The number of esters is 1. The molecule has 106 valence electrons. The van der Waals surface area contributed by atoms with Crippen molar-refractivity contribution in [1.82, 2.24) is 0 Å². The summed E-state index contributed by atoms with van der Waals surface area (Å²) < 4.78 is 9.63. The van der Waals surface area contributed by atoms with Crippen molar-refractivity contribution in [3.63, 3.8) is 0 Å². The minimum Gasteiger partial charge on any atom is -0.460 e. The van der Waals surface area contributed by atoms with Crippen LogP contribution in [-0.2, 0) is 14.3 Å². The Balaban J connectivity index is -0.000000188. The number of hydrogen-bond donors (Lipinski definition) is 2. The number of aliphatic hydroxyl groups is 2. The van der Waals surface area contributed by atoms with Gasteiger partial charge in [0.25, 0.3) is 0 Å². The van der Waals surface area contributed by atoms with E-state index in [1.807, 2.05) is 34.6 Å². The zero-order chi connectivity index (χ0) is 14.3. The van der Waals surface area contributed by atoms with Crippen LogP contribution in [0.1, 0.15) is 41.5 Å². The Labute approximate surface area is 105 Å². The molecule has 0 aliphatic carbocycles. The van der Waals surface area contributed by atoms with E-state index in [4.69, 9.17) is 19.7 Å². The molecule has 0 aliphatic rings. The van der Waals surface area contributed by atoms with Gasteiger partial charge in [-0.25, -0.2) is 0 Å². The Morgan fingerprint density at radius 2 is 1.41 bits per heavy atom. The second-order valence-electron chi connectivity index (χ2n) is 3.93. The lowest BCUT2D eigenvalue weighted by atomic mass is 10.2. The van der Waals surface area contributed by atoms with E-state index in [-0.39, 0.29) is 24.8 Å². The predicted molar refractivity (Wildman–Crippen MR) is 67.9 cm³/mol. The monoisotopic (exact) mass is 252 g/mol. The van der Waals surface area contributed by atoms with Crippen LogP contribution in [0.3, 0.4) is 0 Å². The van der Waals surface area contributed by atoms with E-state index in [2.05, 4.69) is 0 Å². The minimum atomic E-state index is -0.328. The second kappa shape index (κ2) is 15.4. The van der Waals surface area contributed by atoms with Crippen LogP contribution < -0.4 is 0 Å². The van der Waals surface area contributed by atoms with Gasteiger partial charge < -0.3 is 19.7 Å². The second-order valence-corrected chi connectivity index (χ2v) is 3.93. The molecular formula is C12H28O5. The zero-order valence-corrected chi connectivity index (χ0v) is 11.9. The van der Waals surface area contributed by atoms with Crippen LogP contribution in [0.4, 0.5) is 0 Å². The SMILES string of the molecule is CC(=O)OC(C)(C)C.CCOCC.OCCO. The Morgan fingerprint density at radius 1 is 1.06 bits per heavy atom. The highest BCUT2D eigenvalue weighted by molar-refractivity contribution is 5.66. The van der Waals surface area contributed by atoms with Crippen LogP contribution in [0.25, 0.3) is 0 Å². The fraction of sp³-hybridized carbons (Fsp3) is 0.917. The summed E-state index contributed by atoms with van der Waals surface area (Å²) in [6.07, 6.45) is 0. The summed E-state index contributed by atoms with van der Waals surface area (Å²) >= 11 is 0. The fourth-order valence-electron chi connectivity index (χ4n) is 0.635. The van der Waals surface area contributed by atoms with E-state index in [9.17, 15) is 4.79 Å². The molecule has 0 spiro atoms. The number of hydrogen-bond acceptors (Lipinski definition) is 5. The number of carbonyl (C=O) groups excluding carboxylic acids is 1. The van der Waals surface area contributed by atoms with Crippen molar-refractivity contribution < 1.29 is 24.5 Å². The molecule has 0 aromatic carbocycles. The third-order valence-corrected chi connectivity index (χ3v) is 0.958. The summed E-state index contributed by atoms with van der Waals surface area (Å²) in [7, 11) is 0. The van der Waals surface area contributed by atoms with Crippen molar-refractivity contribution in [2.45, 2.75) is 47.1 Å². The molecule has 0 amide bonds. The minimum absolute atomic E-state index is 0.125. The average Bonchev–Trinajstić information content (AvgIpc) is 2.16. The first-order valence-electron chi connectivity index (χ1n) is 5.74. The average molecular weight is 252 g/mol. The van der Waals surface area contributed by atoms with E-state index in [0.29, 0.717) is 0 Å². The van der Waals surface area contributed by atoms with Gasteiger partial charge in [-0.1, -0.05) is 0 Å². The predicted octanol–water partition coefficient (Wildman–Crippen LogP) is 1.36. The van der Waals surface area contributed by atoms with Crippen molar-refractivity contribution >= 4 is 5.97 Å². The molecule has 2 N–H and O–H groups in total. The van der Waals surface area contributed by atoms with Gasteiger partial charge in [0.05, 0.1) is 13.2 Å². The van der Waals surface area contributed by atoms with Gasteiger partial charge in [0.2, 0.25) is 0 Å². The van der Waals surface area contributed by atoms with Crippen molar-refractivity contribution in [3.05, 3.63) is 0 Å². The summed E-state index contributed by atoms with van der Waals surface area (Å²) in [6.45, 7) is 12.3. The number of rotatable bonds is 3. The van der Waals surface area contributed by atoms with Gasteiger partial charge in [0.15, 0.2) is 0 Å². The normalized spacial score (nSPS) is 9.41. The Hall–Kier alpha value is -0.650. The van der Waals surface area contributed by atoms with Crippen molar-refractivity contribution in [2.24, 2.45) is 0 Å². The van der Waals surface area contributed by atoms with E-state index in [1.54, 1.807) is 0 Å². The summed E-state index contributed by atoms with van der Waals surface area (Å²) in [4.78, 5) is 10.2. The largest absolute Gasteiger partial charge is 0.460 e. The van der Waals surface area contributed by atoms with E-state index >= 15 is 0 Å². The summed E-state index contributed by atoms with van der Waals surface area (Å²) in [6, 6.07) is 0. The fourth-order valence-corrected chi connectivity index (χ4v) is 0.635. The molecule has 0 atom stereocenters. The highest BCUT2D eigenvalue weighted by atomic mass is 16.6. The van der Waals surface area contributed by atoms with Gasteiger partial charge in [0, 0.05) is 20.1 Å². The maximum atomic E-state index is 10.2. The molecule has 0 rings (SSSR count). The lowest BCUT2D eigenvalue weighted by Gasteiger charge is -2.17. The van der Waals surface area contributed by atoms with Crippen LogP contribution >= 0.6 is 0 Å². The van der Waals surface area contributed by atoms with Crippen molar-refractivity contribution in [1.29, 1.82) is 0 Å². The standard InChI is InChI=1S/C6H12O2.C4H10O.C2H6O2/c1-5(7)8-6(2,3)4;1-3-5-4-2;3-1-2-4/h1-4H3;3-4H2,1-2H3;3-4H,1-2H2. The maximum Gasteiger partial charge on any atom is 0.303 e. The summed E-state index contributed by atoms with van der Waals surface area (Å²) in [5.41, 5.74) is -0.328. The van der Waals surface area contributed by atoms with Crippen LogP contribution in [-0.4, -0.2) is 48.2 Å². The van der Waals surface area contributed by atoms with Crippen LogP contribution in [0.15, 0.2) is 0 Å². The third-order valence-electron chi connectivity index (χ3n) is 0.958. The quantitative estimate of drug-likeness (QED) is 0.742. The van der Waals surface area contributed by atoms with Gasteiger partial charge in [-0.2, -0.15) is 0 Å². The first-order valence-corrected chi connectivity index (χ1v) is 5.74. The first kappa shape index (κ1) is 21.6. The molecule has 0 radical (unpaired) electrons. The molecule has 5 heteroatoms. The highest BCUT2D eigenvalue weighted by Crippen LogP contribution is 2.05. The maximum absolute atomic E-state index is 10.2. The number of aliphatic hydroxyl groups excluding tert-OH is 2. The molecule has 0 bridgehead atoms. The van der Waals surface area contributed by atoms with Gasteiger partial charge in [-0.15, -0.1) is 0 Å². The lowest BCUT2D eigenvalue weighted by Crippen LogP contribution is -2.21. The number of ether oxygens (including phenoxy) is 2. The van der Waals surface area contributed by atoms with Gasteiger partial charge in [0.1, 0.15) is 5.60 Å². The highest BCUT2D eigenvalue weighted by Gasteiger charge is 2.11. The summed E-state index contributed by atoms with van der Waals surface area (Å²) in [5.74, 6) is -0.225. The summed E-state index contributed by atoms with van der Waals surface area (Å²) in [5, 5.41) is 15.2. The van der Waals surface area contributed by atoms with Gasteiger partial charge >= 0.3 is 5.97 Å². The smallest absolute Gasteiger partial charge is 0.303 e. The van der Waals surface area contributed by atoms with Crippen LogP contribution in [0.2, 0.25) is 0 Å². The first-order chi connectivity index (χ1) is 7.74. The van der Waals surface area contributed by atoms with E-state index in [1.165, 1.54) is 6.92 Å². The molecule has 0 saturated heterocycles. The van der Waals surface area contributed by atoms with Crippen molar-refractivity contribution in [3.8, 4) is 0 Å². The Kier molecular flexibility index (Phi) is 19.5. The molecule has 0 aromatic heterocycles. The molecule has 5 nitrogen and oxygen atoms in total. The molecule has 0 saturated carbocycles. The number of carbonyl (C=O) groups is 1. The molecular weight excluding hydrogens is 224 g/mol. The van der Waals surface area contributed by atoms with E-state index < -0.39 is 0 Å². The molecule has 17 heavy (non-hydrogen) atoms. The molecule has 0 unspecified atom stereocenters. The van der Waals surface area contributed by atoms with Gasteiger partial charge in [-0.05, 0) is 34.6 Å². The molecule has 0 fully saturated rings. The van der Waals surface area contributed by atoms with Crippen molar-refractivity contribution in [2.75, 3.05) is 26.4 Å². The van der Waals surface area contributed by atoms with Gasteiger partial charge in [-0.3, -0.25) is 4.79 Å². The molecule has 0 heterocycles.